The maximum absolute atomic E-state index is 12.6. The van der Waals surface area contributed by atoms with Crippen LogP contribution in [0.25, 0.3) is 0 Å². The van der Waals surface area contributed by atoms with E-state index in [2.05, 4.69) is 21.3 Å². The highest BCUT2D eigenvalue weighted by atomic mass is 127. The van der Waals surface area contributed by atoms with Crippen LogP contribution in [0.4, 0.5) is 5.69 Å². The van der Waals surface area contributed by atoms with Crippen molar-refractivity contribution in [3.8, 4) is 5.75 Å². The maximum Gasteiger partial charge on any atom is 0.305 e. The van der Waals surface area contributed by atoms with Crippen LogP contribution >= 0.6 is 34.2 Å². The Balaban J connectivity index is 1.61. The number of β-amino-alcohol motifs (C(OH)–C–C–N with tert-alkyl or cyclic N) is 1. The number of aliphatic hydroxyl groups excluding tert-OH is 1. The Morgan fingerprint density at radius 1 is 1.28 bits per heavy atom. The predicted octanol–water partition coefficient (Wildman–Crippen LogP) is 0.548. The van der Waals surface area contributed by atoms with Crippen LogP contribution in [0.1, 0.15) is 28.4 Å². The lowest BCUT2D eigenvalue weighted by Gasteiger charge is -2.36. The number of aliphatic carboxylic acids is 1. The molecule has 1 heterocycles. The molecule has 2 aromatic carbocycles. The molecule has 2 unspecified atom stereocenters. The molecule has 0 bridgehead atoms. The van der Waals surface area contributed by atoms with E-state index in [4.69, 9.17) is 17.4 Å². The molecule has 0 aliphatic carbocycles. The van der Waals surface area contributed by atoms with Gasteiger partial charge in [0.15, 0.2) is 0 Å². The second-order valence-electron chi connectivity index (χ2n) is 8.11. The lowest BCUT2D eigenvalue weighted by molar-refractivity contribution is -0.137. The Hall–Kier alpha value is -2.69. The van der Waals surface area contributed by atoms with Gasteiger partial charge < -0.3 is 31.3 Å². The number of anilines is 1. The molecule has 0 spiro atoms. The molecule has 2 aromatic rings. The van der Waals surface area contributed by atoms with Crippen LogP contribution in [-0.2, 0) is 9.59 Å². The van der Waals surface area contributed by atoms with E-state index in [1.165, 1.54) is 17.1 Å². The maximum atomic E-state index is 12.6. The van der Waals surface area contributed by atoms with E-state index < -0.39 is 49.2 Å². The first-order chi connectivity index (χ1) is 17.0. The highest BCUT2D eigenvalue weighted by Gasteiger charge is 2.25. The van der Waals surface area contributed by atoms with Gasteiger partial charge in [0.2, 0.25) is 5.91 Å². The molecule has 0 radical (unpaired) electrons. The smallest absolute Gasteiger partial charge is 0.305 e. The number of hydrogen-bond donors (Lipinski definition) is 8. The lowest BCUT2D eigenvalue weighted by Crippen LogP contribution is -2.63. The third kappa shape index (κ3) is 7.65. The topological polar surface area (TPSA) is 189 Å². The summed E-state index contributed by atoms with van der Waals surface area (Å²) >= 11 is 7.88. The number of carbonyl (C=O) groups is 3. The van der Waals surface area contributed by atoms with Crippen LogP contribution in [0, 0.1) is 3.57 Å². The summed E-state index contributed by atoms with van der Waals surface area (Å²) < 4.78 is 0.402. The van der Waals surface area contributed by atoms with Crippen molar-refractivity contribution in [1.82, 2.24) is 21.0 Å². The summed E-state index contributed by atoms with van der Waals surface area (Å²) in [4.78, 5) is 36.5. The van der Waals surface area contributed by atoms with E-state index in [0.29, 0.717) is 15.8 Å². The van der Waals surface area contributed by atoms with Gasteiger partial charge >= 0.3 is 5.97 Å². The van der Waals surface area contributed by atoms with Crippen molar-refractivity contribution in [1.29, 1.82) is 0 Å². The summed E-state index contributed by atoms with van der Waals surface area (Å²) in [6.07, 6.45) is -1.53. The molecule has 9 N–H and O–H groups in total. The number of nitrogens with zero attached hydrogens (tertiary/aromatic N) is 1. The third-order valence-corrected chi connectivity index (χ3v) is 6.33. The third-order valence-electron chi connectivity index (χ3n) is 5.28. The molecule has 1 saturated heterocycles. The quantitative estimate of drug-likeness (QED) is 0.143. The molecule has 194 valence electrons. The first-order valence-corrected chi connectivity index (χ1v) is 12.3. The van der Waals surface area contributed by atoms with Crippen LogP contribution in [0.3, 0.4) is 0 Å². The molecule has 14 heteroatoms. The van der Waals surface area contributed by atoms with Crippen LogP contribution in [0.2, 0.25) is 5.02 Å². The second kappa shape index (κ2) is 12.5. The average molecular weight is 633 g/mol. The molecule has 0 aromatic heterocycles. The van der Waals surface area contributed by atoms with Gasteiger partial charge in [-0.3, -0.25) is 25.5 Å². The van der Waals surface area contributed by atoms with Gasteiger partial charge in [-0.1, -0.05) is 17.7 Å². The number of phenolic OH excluding ortho intramolecular Hbond substituents is 1. The summed E-state index contributed by atoms with van der Waals surface area (Å²) in [5, 5.41) is 42.1. The number of phenols is 1. The first-order valence-electron chi connectivity index (χ1n) is 10.8. The SMILES string of the molecule is NN1CC(O)CNC1Nc1cccc(C(=O)NCC(=O)N[C@H](CC(=O)O)c2cc(Cl)cc(I)c2O)c1. The van der Waals surface area contributed by atoms with Crippen LogP contribution < -0.4 is 27.1 Å². The summed E-state index contributed by atoms with van der Waals surface area (Å²) in [6, 6.07) is 8.36. The number of hydrogen-bond acceptors (Lipinski definition) is 9. The van der Waals surface area contributed by atoms with Crippen LogP contribution in [0.15, 0.2) is 36.4 Å². The van der Waals surface area contributed by atoms with Gasteiger partial charge in [0.1, 0.15) is 12.0 Å². The number of benzene rings is 2. The largest absolute Gasteiger partial charge is 0.506 e. The molecule has 1 fully saturated rings. The molecule has 1 aliphatic heterocycles. The lowest BCUT2D eigenvalue weighted by atomic mass is 10.0. The fourth-order valence-corrected chi connectivity index (χ4v) is 4.65. The number of carboxylic acid groups (broad SMARTS) is 1. The van der Waals surface area contributed by atoms with Gasteiger partial charge in [0.05, 0.1) is 28.7 Å². The highest BCUT2D eigenvalue weighted by molar-refractivity contribution is 14.1. The molecular formula is C22H26ClIN6O6. The Morgan fingerprint density at radius 3 is 2.72 bits per heavy atom. The van der Waals surface area contributed by atoms with Crippen molar-refractivity contribution < 1.29 is 29.7 Å². The minimum atomic E-state index is -1.19. The minimum Gasteiger partial charge on any atom is -0.506 e. The van der Waals surface area contributed by atoms with Crippen molar-refractivity contribution in [2.24, 2.45) is 5.84 Å². The predicted molar refractivity (Wildman–Crippen MR) is 140 cm³/mol. The Morgan fingerprint density at radius 2 is 2.03 bits per heavy atom. The normalized spacial score (nSPS) is 18.8. The fraction of sp³-hybridized carbons (Fsp3) is 0.318. The van der Waals surface area contributed by atoms with Crippen molar-refractivity contribution in [3.05, 3.63) is 56.1 Å². The van der Waals surface area contributed by atoms with Crippen molar-refractivity contribution in [3.63, 3.8) is 0 Å². The summed E-state index contributed by atoms with van der Waals surface area (Å²) in [5.41, 5.74) is 1.02. The zero-order chi connectivity index (χ0) is 26.4. The summed E-state index contributed by atoms with van der Waals surface area (Å²) in [7, 11) is 0. The van der Waals surface area contributed by atoms with E-state index >= 15 is 0 Å². The van der Waals surface area contributed by atoms with E-state index in [0.717, 1.165) is 0 Å². The van der Waals surface area contributed by atoms with Gasteiger partial charge in [-0.2, -0.15) is 0 Å². The molecular weight excluding hydrogens is 607 g/mol. The molecule has 2 amide bonds. The Bertz CT molecular complexity index is 1140. The second-order valence-corrected chi connectivity index (χ2v) is 9.71. The molecule has 12 nitrogen and oxygen atoms in total. The van der Waals surface area contributed by atoms with Gasteiger partial charge in [-0.15, -0.1) is 0 Å². The van der Waals surface area contributed by atoms with Gasteiger partial charge in [-0.05, 0) is 52.9 Å². The highest BCUT2D eigenvalue weighted by Crippen LogP contribution is 2.34. The van der Waals surface area contributed by atoms with E-state index in [1.807, 2.05) is 22.6 Å². The number of nitrogens with one attached hydrogen (secondary N) is 4. The van der Waals surface area contributed by atoms with Crippen LogP contribution in [-0.4, -0.2) is 70.1 Å². The minimum absolute atomic E-state index is 0.158. The standard InChI is InChI=1S/C22H26ClIN6O6/c23-12-5-15(20(35)16(24)6-12)17(7-19(33)34)29-18(32)9-26-21(36)11-2-1-3-13(4-11)28-22-27-8-14(31)10-30(22)25/h1-6,14,17,22,27-28,31,35H,7-10,25H2,(H,26,36)(H,29,32)(H,33,34)/t14?,17-,22?/m1/s1. The van der Waals surface area contributed by atoms with Crippen molar-refractivity contribution in [2.75, 3.05) is 25.0 Å². The molecule has 36 heavy (non-hydrogen) atoms. The monoisotopic (exact) mass is 632 g/mol. The number of carbonyl (C=O) groups excluding carboxylic acids is 2. The fourth-order valence-electron chi connectivity index (χ4n) is 3.59. The molecule has 3 atom stereocenters. The summed E-state index contributed by atoms with van der Waals surface area (Å²) in [5.74, 6) is 3.34. The molecule has 1 aliphatic rings. The van der Waals surface area contributed by atoms with Crippen molar-refractivity contribution >= 4 is 57.7 Å². The van der Waals surface area contributed by atoms with E-state index in [9.17, 15) is 29.7 Å². The van der Waals surface area contributed by atoms with Crippen molar-refractivity contribution in [2.45, 2.75) is 24.9 Å². The number of carboxylic acids is 1. The van der Waals surface area contributed by atoms with Crippen LogP contribution in [0.5, 0.6) is 5.75 Å². The number of aromatic hydroxyl groups is 1. The number of rotatable bonds is 9. The van der Waals surface area contributed by atoms with Gasteiger partial charge in [0.25, 0.3) is 5.91 Å². The zero-order valence-electron chi connectivity index (χ0n) is 18.9. The number of halogens is 2. The number of amides is 2. The number of aliphatic hydroxyl groups is 1. The van der Waals surface area contributed by atoms with Gasteiger partial charge in [-0.25, -0.2) is 5.01 Å². The van der Waals surface area contributed by atoms with Gasteiger partial charge in [0, 0.05) is 34.9 Å². The number of nitrogens with two attached hydrogens (primary N) is 1. The molecule has 0 saturated carbocycles. The average Bonchev–Trinajstić information content (AvgIpc) is 2.81. The van der Waals surface area contributed by atoms with E-state index in [-0.39, 0.29) is 28.4 Å². The summed E-state index contributed by atoms with van der Waals surface area (Å²) in [6.45, 7) is 0.203. The van der Waals surface area contributed by atoms with E-state index in [1.54, 1.807) is 24.3 Å². The zero-order valence-corrected chi connectivity index (χ0v) is 21.8. The Labute approximate surface area is 225 Å². The molecule has 3 rings (SSSR count). The first kappa shape index (κ1) is 27.9. The number of hydrazine groups is 1. The Kier molecular flexibility index (Phi) is 9.69.